The minimum absolute atomic E-state index is 0.0748. The normalized spacial score (nSPS) is 15.8. The first kappa shape index (κ1) is 30.2. The maximum Gasteiger partial charge on any atom is 0.254 e. The van der Waals surface area contributed by atoms with E-state index in [2.05, 4.69) is 17.6 Å². The van der Waals surface area contributed by atoms with Crippen LogP contribution >= 0.6 is 0 Å². The van der Waals surface area contributed by atoms with Gasteiger partial charge in [0.05, 0.1) is 10.5 Å². The number of piperidine rings is 1. The number of sulfone groups is 1. The first-order valence-electron chi connectivity index (χ1n) is 13.8. The molecule has 1 fully saturated rings. The SMILES string of the molecule is CC(C)C(NC(=O)c1cc(Cc2ccccc2)ccc1F)C(=O)N1CCC(C)(Nc2ccc(S(C)(=O)=O)cc2)CC1. The fourth-order valence-corrected chi connectivity index (χ4v) is 5.73. The number of halogens is 1. The molecule has 1 saturated heterocycles. The van der Waals surface area contributed by atoms with Crippen LogP contribution < -0.4 is 10.6 Å². The van der Waals surface area contributed by atoms with E-state index >= 15 is 0 Å². The molecule has 3 aromatic carbocycles. The number of amides is 2. The minimum Gasteiger partial charge on any atom is -0.380 e. The highest BCUT2D eigenvalue weighted by Crippen LogP contribution is 2.28. The molecule has 1 unspecified atom stereocenters. The lowest BCUT2D eigenvalue weighted by Crippen LogP contribution is -2.56. The van der Waals surface area contributed by atoms with Crippen molar-refractivity contribution >= 4 is 27.3 Å². The van der Waals surface area contributed by atoms with Crippen LogP contribution in [0.5, 0.6) is 0 Å². The van der Waals surface area contributed by atoms with Gasteiger partial charge in [-0.3, -0.25) is 9.59 Å². The number of rotatable bonds is 9. The molecule has 2 N–H and O–H groups in total. The zero-order valence-corrected chi connectivity index (χ0v) is 24.8. The Labute approximate surface area is 242 Å². The van der Waals surface area contributed by atoms with E-state index in [9.17, 15) is 22.4 Å². The van der Waals surface area contributed by atoms with E-state index in [-0.39, 0.29) is 27.8 Å². The highest BCUT2D eigenvalue weighted by Gasteiger charge is 2.36. The van der Waals surface area contributed by atoms with Crippen molar-refractivity contribution < 1.29 is 22.4 Å². The Bertz CT molecular complexity index is 1480. The van der Waals surface area contributed by atoms with E-state index in [1.165, 1.54) is 12.3 Å². The molecule has 41 heavy (non-hydrogen) atoms. The highest BCUT2D eigenvalue weighted by molar-refractivity contribution is 7.90. The first-order chi connectivity index (χ1) is 19.3. The molecular formula is C32H38FN3O4S. The number of carbonyl (C=O) groups excluding carboxylic acids is 2. The largest absolute Gasteiger partial charge is 0.380 e. The molecule has 1 aliphatic heterocycles. The summed E-state index contributed by atoms with van der Waals surface area (Å²) in [5.41, 5.74) is 2.31. The van der Waals surface area contributed by atoms with Crippen LogP contribution in [0, 0.1) is 11.7 Å². The predicted octanol–water partition coefficient (Wildman–Crippen LogP) is 5.07. The molecule has 0 aliphatic carbocycles. The van der Waals surface area contributed by atoms with Crippen LogP contribution in [0.15, 0.2) is 77.7 Å². The van der Waals surface area contributed by atoms with Gasteiger partial charge in [-0.15, -0.1) is 0 Å². The number of benzene rings is 3. The predicted molar refractivity (Wildman–Crippen MR) is 159 cm³/mol. The molecule has 1 heterocycles. The van der Waals surface area contributed by atoms with Gasteiger partial charge in [0.15, 0.2) is 9.84 Å². The lowest BCUT2D eigenvalue weighted by Gasteiger charge is -2.42. The molecule has 218 valence electrons. The minimum atomic E-state index is -3.27. The van der Waals surface area contributed by atoms with E-state index in [4.69, 9.17) is 0 Å². The fraction of sp³-hybridized carbons (Fsp3) is 0.375. The van der Waals surface area contributed by atoms with Gasteiger partial charge < -0.3 is 15.5 Å². The molecule has 2 amide bonds. The van der Waals surface area contributed by atoms with Crippen LogP contribution in [0.3, 0.4) is 0 Å². The quantitative estimate of drug-likeness (QED) is 0.369. The van der Waals surface area contributed by atoms with E-state index in [1.54, 1.807) is 41.3 Å². The second kappa shape index (κ2) is 12.4. The van der Waals surface area contributed by atoms with Crippen molar-refractivity contribution in [1.82, 2.24) is 10.2 Å². The van der Waals surface area contributed by atoms with E-state index in [0.29, 0.717) is 32.4 Å². The van der Waals surface area contributed by atoms with Crippen LogP contribution in [-0.4, -0.2) is 56.1 Å². The Hall–Kier alpha value is -3.72. The monoisotopic (exact) mass is 579 g/mol. The molecule has 1 atom stereocenters. The van der Waals surface area contributed by atoms with E-state index in [1.807, 2.05) is 44.2 Å². The zero-order valence-electron chi connectivity index (χ0n) is 24.0. The summed E-state index contributed by atoms with van der Waals surface area (Å²) in [7, 11) is -3.27. The van der Waals surface area contributed by atoms with Crippen molar-refractivity contribution in [2.75, 3.05) is 24.7 Å². The Balaban J connectivity index is 1.39. The average Bonchev–Trinajstić information content (AvgIpc) is 2.93. The van der Waals surface area contributed by atoms with Crippen molar-refractivity contribution in [3.05, 3.63) is 95.3 Å². The molecule has 0 bridgehead atoms. The topological polar surface area (TPSA) is 95.6 Å². The number of hydrogen-bond donors (Lipinski definition) is 2. The van der Waals surface area contributed by atoms with Gasteiger partial charge >= 0.3 is 0 Å². The van der Waals surface area contributed by atoms with Crippen LogP contribution in [0.1, 0.15) is 55.1 Å². The standard InChI is InChI=1S/C32H38FN3O4S/c1-22(2)29(34-30(37)27-21-24(10-15-28(27)33)20-23-8-6-5-7-9-23)31(38)36-18-16-32(3,17-19-36)35-25-11-13-26(14-12-25)41(4,39)40/h5-15,21-22,29,35H,16-20H2,1-4H3,(H,34,37). The van der Waals surface area contributed by atoms with Crippen molar-refractivity contribution in [3.8, 4) is 0 Å². The summed E-state index contributed by atoms with van der Waals surface area (Å²) >= 11 is 0. The number of hydrogen-bond acceptors (Lipinski definition) is 5. The Morgan fingerprint density at radius 2 is 1.59 bits per heavy atom. The lowest BCUT2D eigenvalue weighted by atomic mass is 9.88. The molecule has 0 saturated carbocycles. The van der Waals surface area contributed by atoms with Crippen LogP contribution in [0.4, 0.5) is 10.1 Å². The summed E-state index contributed by atoms with van der Waals surface area (Å²) in [6.45, 7) is 6.78. The van der Waals surface area contributed by atoms with Crippen molar-refractivity contribution in [1.29, 1.82) is 0 Å². The van der Waals surface area contributed by atoms with Gasteiger partial charge in [-0.25, -0.2) is 12.8 Å². The van der Waals surface area contributed by atoms with Gasteiger partial charge in [0.1, 0.15) is 11.9 Å². The molecule has 1 aliphatic rings. The van der Waals surface area contributed by atoms with Gasteiger partial charge in [-0.1, -0.05) is 50.2 Å². The first-order valence-corrected chi connectivity index (χ1v) is 15.7. The summed E-state index contributed by atoms with van der Waals surface area (Å²) in [4.78, 5) is 28.8. The molecule has 4 rings (SSSR count). The Morgan fingerprint density at radius 3 is 2.17 bits per heavy atom. The number of nitrogens with zero attached hydrogens (tertiary/aromatic N) is 1. The van der Waals surface area contributed by atoms with Gasteiger partial charge in [-0.2, -0.15) is 0 Å². The molecule has 0 aromatic heterocycles. The van der Waals surface area contributed by atoms with Crippen LogP contribution in [0.25, 0.3) is 0 Å². The molecule has 0 radical (unpaired) electrons. The van der Waals surface area contributed by atoms with Gasteiger partial charge in [0.2, 0.25) is 5.91 Å². The third-order valence-electron chi connectivity index (χ3n) is 7.65. The lowest BCUT2D eigenvalue weighted by molar-refractivity contribution is -0.135. The van der Waals surface area contributed by atoms with Gasteiger partial charge in [0, 0.05) is 30.6 Å². The number of anilines is 1. The third-order valence-corrected chi connectivity index (χ3v) is 8.78. The molecule has 7 nitrogen and oxygen atoms in total. The van der Waals surface area contributed by atoms with Crippen molar-refractivity contribution in [2.24, 2.45) is 5.92 Å². The maximum atomic E-state index is 14.7. The van der Waals surface area contributed by atoms with E-state index < -0.39 is 27.6 Å². The average molecular weight is 580 g/mol. The summed E-state index contributed by atoms with van der Waals surface area (Å²) in [6, 6.07) is 20.1. The van der Waals surface area contributed by atoms with Gasteiger partial charge in [-0.05, 0) is 79.6 Å². The number of nitrogens with one attached hydrogen (secondary N) is 2. The summed E-state index contributed by atoms with van der Waals surface area (Å²) in [5.74, 6) is -1.61. The summed E-state index contributed by atoms with van der Waals surface area (Å²) in [5, 5.41) is 6.29. The summed E-state index contributed by atoms with van der Waals surface area (Å²) in [6.07, 6.45) is 3.08. The molecule has 0 spiro atoms. The van der Waals surface area contributed by atoms with Crippen molar-refractivity contribution in [2.45, 2.75) is 56.5 Å². The molecule has 3 aromatic rings. The summed E-state index contributed by atoms with van der Waals surface area (Å²) < 4.78 is 38.2. The highest BCUT2D eigenvalue weighted by atomic mass is 32.2. The molecular weight excluding hydrogens is 541 g/mol. The third kappa shape index (κ3) is 7.73. The van der Waals surface area contributed by atoms with E-state index in [0.717, 1.165) is 16.8 Å². The van der Waals surface area contributed by atoms with Crippen LogP contribution in [0.2, 0.25) is 0 Å². The van der Waals surface area contributed by atoms with Crippen molar-refractivity contribution in [3.63, 3.8) is 0 Å². The zero-order chi connectivity index (χ0) is 29.8. The molecule has 9 heteroatoms. The Kier molecular flexibility index (Phi) is 9.17. The number of carbonyl (C=O) groups is 2. The van der Waals surface area contributed by atoms with Gasteiger partial charge in [0.25, 0.3) is 5.91 Å². The smallest absolute Gasteiger partial charge is 0.254 e. The number of likely N-dealkylation sites (tertiary alicyclic amines) is 1. The second-order valence-corrected chi connectivity index (χ2v) is 13.5. The second-order valence-electron chi connectivity index (χ2n) is 11.5. The van der Waals surface area contributed by atoms with Crippen LogP contribution in [-0.2, 0) is 21.1 Å². The Morgan fingerprint density at radius 1 is 0.951 bits per heavy atom. The fourth-order valence-electron chi connectivity index (χ4n) is 5.10. The maximum absolute atomic E-state index is 14.7.